The lowest BCUT2D eigenvalue weighted by Gasteiger charge is -2.18. The fourth-order valence-electron chi connectivity index (χ4n) is 2.43. The largest absolute Gasteiger partial charge is 0.481 e. The van der Waals surface area contributed by atoms with E-state index in [9.17, 15) is 18.0 Å². The molecule has 3 aromatic rings. The van der Waals surface area contributed by atoms with E-state index in [-0.39, 0.29) is 11.4 Å². The molecule has 0 radical (unpaired) electrons. The second kappa shape index (κ2) is 7.53. The van der Waals surface area contributed by atoms with Gasteiger partial charge in [0.15, 0.2) is 6.10 Å². The predicted molar refractivity (Wildman–Crippen MR) is 93.7 cm³/mol. The highest BCUT2D eigenvalue weighted by molar-refractivity contribution is 5.95. The molecule has 0 spiro atoms. The molecule has 3 rings (SSSR count). The Kier molecular flexibility index (Phi) is 5.16. The van der Waals surface area contributed by atoms with Crippen molar-refractivity contribution < 1.29 is 22.7 Å². The van der Waals surface area contributed by atoms with Gasteiger partial charge < -0.3 is 10.1 Å². The van der Waals surface area contributed by atoms with E-state index in [0.717, 1.165) is 6.07 Å². The average Bonchev–Trinajstić information content (AvgIpc) is 3.16. The number of nitrogens with zero attached hydrogens (tertiary/aromatic N) is 2. The van der Waals surface area contributed by atoms with Crippen molar-refractivity contribution in [3.63, 3.8) is 0 Å². The number of benzene rings is 2. The van der Waals surface area contributed by atoms with Crippen LogP contribution in [0.4, 0.5) is 18.9 Å². The van der Waals surface area contributed by atoms with E-state index in [4.69, 9.17) is 4.74 Å². The Labute approximate surface area is 153 Å². The van der Waals surface area contributed by atoms with E-state index in [2.05, 4.69) is 10.4 Å². The van der Waals surface area contributed by atoms with Gasteiger partial charge in [-0.05, 0) is 43.3 Å². The summed E-state index contributed by atoms with van der Waals surface area (Å²) in [5.74, 6) is -0.235. The van der Waals surface area contributed by atoms with Crippen LogP contribution in [-0.4, -0.2) is 21.8 Å². The van der Waals surface area contributed by atoms with Crippen LogP contribution >= 0.6 is 0 Å². The van der Waals surface area contributed by atoms with Crippen molar-refractivity contribution in [3.05, 3.63) is 72.6 Å². The molecule has 1 N–H and O–H groups in total. The predicted octanol–water partition coefficient (Wildman–Crippen LogP) is 4.30. The minimum atomic E-state index is -4.64. The van der Waals surface area contributed by atoms with E-state index in [0.29, 0.717) is 5.75 Å². The van der Waals surface area contributed by atoms with Gasteiger partial charge in [0, 0.05) is 12.4 Å². The number of hydrogen-bond donors (Lipinski definition) is 1. The number of hydrogen-bond acceptors (Lipinski definition) is 3. The molecule has 0 saturated heterocycles. The van der Waals surface area contributed by atoms with Crippen LogP contribution in [0.3, 0.4) is 0 Å². The molecule has 2 aromatic carbocycles. The summed E-state index contributed by atoms with van der Waals surface area (Å²) in [5.41, 5.74) is -1.07. The molecular weight excluding hydrogens is 359 g/mol. The lowest BCUT2D eigenvalue weighted by molar-refractivity contribution is -0.137. The lowest BCUT2D eigenvalue weighted by Crippen LogP contribution is -2.31. The third-order valence-corrected chi connectivity index (χ3v) is 3.76. The van der Waals surface area contributed by atoms with Gasteiger partial charge in [-0.15, -0.1) is 0 Å². The Morgan fingerprint density at radius 3 is 2.52 bits per heavy atom. The lowest BCUT2D eigenvalue weighted by atomic mass is 10.1. The summed E-state index contributed by atoms with van der Waals surface area (Å²) in [6.07, 6.45) is -2.62. The number of aromatic nitrogens is 2. The van der Waals surface area contributed by atoms with Crippen LogP contribution in [0, 0.1) is 0 Å². The first kappa shape index (κ1) is 18.5. The van der Waals surface area contributed by atoms with Crippen LogP contribution in [0.2, 0.25) is 0 Å². The van der Waals surface area contributed by atoms with Crippen molar-refractivity contribution in [2.24, 2.45) is 0 Å². The molecule has 0 fully saturated rings. The molecule has 140 valence electrons. The summed E-state index contributed by atoms with van der Waals surface area (Å²) in [6.45, 7) is 1.47. The number of ether oxygens (including phenoxy) is 1. The Balaban J connectivity index is 1.82. The van der Waals surface area contributed by atoms with Crippen LogP contribution in [0.5, 0.6) is 5.75 Å². The van der Waals surface area contributed by atoms with Gasteiger partial charge in [0.25, 0.3) is 5.91 Å². The van der Waals surface area contributed by atoms with Crippen molar-refractivity contribution >= 4 is 11.6 Å². The summed E-state index contributed by atoms with van der Waals surface area (Å²) < 4.78 is 47.1. The normalized spacial score (nSPS) is 12.4. The number of nitrogens with one attached hydrogen (secondary N) is 1. The van der Waals surface area contributed by atoms with Crippen LogP contribution in [0.15, 0.2) is 67.0 Å². The summed E-state index contributed by atoms with van der Waals surface area (Å²) in [7, 11) is 0. The number of rotatable bonds is 5. The molecule has 0 aliphatic heterocycles. The van der Waals surface area contributed by atoms with Crippen molar-refractivity contribution in [3.8, 4) is 11.4 Å². The molecule has 1 unspecified atom stereocenters. The van der Waals surface area contributed by atoms with Gasteiger partial charge in [0.05, 0.1) is 16.9 Å². The average molecular weight is 375 g/mol. The third kappa shape index (κ3) is 4.46. The van der Waals surface area contributed by atoms with Crippen molar-refractivity contribution in [1.29, 1.82) is 0 Å². The first-order chi connectivity index (χ1) is 12.8. The summed E-state index contributed by atoms with van der Waals surface area (Å²) >= 11 is 0. The first-order valence-corrected chi connectivity index (χ1v) is 8.08. The first-order valence-electron chi connectivity index (χ1n) is 8.08. The molecule has 0 aliphatic carbocycles. The minimum absolute atomic E-state index is 0.235. The van der Waals surface area contributed by atoms with Gasteiger partial charge in [0.2, 0.25) is 0 Å². The SMILES string of the molecule is CC(Oc1ccccc1)C(=O)Nc1ccc(-n2cccn2)cc1C(F)(F)F. The zero-order valence-electron chi connectivity index (χ0n) is 14.3. The molecule has 1 aromatic heterocycles. The summed E-state index contributed by atoms with van der Waals surface area (Å²) in [6, 6.07) is 13.7. The monoisotopic (exact) mass is 375 g/mol. The van der Waals surface area contributed by atoms with Gasteiger partial charge >= 0.3 is 6.18 Å². The number of carbonyl (C=O) groups is 1. The Morgan fingerprint density at radius 1 is 1.15 bits per heavy atom. The third-order valence-electron chi connectivity index (χ3n) is 3.76. The number of alkyl halides is 3. The highest BCUT2D eigenvalue weighted by Gasteiger charge is 2.35. The van der Waals surface area contributed by atoms with Gasteiger partial charge in [-0.2, -0.15) is 18.3 Å². The molecule has 27 heavy (non-hydrogen) atoms. The van der Waals surface area contributed by atoms with Crippen molar-refractivity contribution in [1.82, 2.24) is 9.78 Å². The number of carbonyl (C=O) groups excluding carboxylic acids is 1. The standard InChI is InChI=1S/C19H16F3N3O2/c1-13(27-15-6-3-2-4-7-15)18(26)24-17-9-8-14(25-11-5-10-23-25)12-16(17)19(20,21)22/h2-13H,1H3,(H,24,26). The van der Waals surface area contributed by atoms with Gasteiger partial charge in [-0.3, -0.25) is 4.79 Å². The fraction of sp³-hybridized carbons (Fsp3) is 0.158. The van der Waals surface area contributed by atoms with Crippen molar-refractivity contribution in [2.75, 3.05) is 5.32 Å². The molecule has 1 atom stereocenters. The number of amides is 1. The molecule has 1 heterocycles. The maximum atomic E-state index is 13.5. The van der Waals surface area contributed by atoms with Crippen LogP contribution in [0.25, 0.3) is 5.69 Å². The van der Waals surface area contributed by atoms with Crippen LogP contribution in [-0.2, 0) is 11.0 Å². The quantitative estimate of drug-likeness (QED) is 0.724. The maximum Gasteiger partial charge on any atom is 0.418 e. The fourth-order valence-corrected chi connectivity index (χ4v) is 2.43. The van der Waals surface area contributed by atoms with Crippen LogP contribution < -0.4 is 10.1 Å². The highest BCUT2D eigenvalue weighted by Crippen LogP contribution is 2.36. The van der Waals surface area contributed by atoms with E-state index in [1.807, 2.05) is 0 Å². The van der Waals surface area contributed by atoms with Crippen LogP contribution in [0.1, 0.15) is 12.5 Å². The van der Waals surface area contributed by atoms with Gasteiger partial charge in [-0.1, -0.05) is 18.2 Å². The minimum Gasteiger partial charge on any atom is -0.481 e. The molecule has 1 amide bonds. The molecule has 0 bridgehead atoms. The smallest absolute Gasteiger partial charge is 0.418 e. The molecule has 5 nitrogen and oxygen atoms in total. The second-order valence-electron chi connectivity index (χ2n) is 5.74. The number of para-hydroxylation sites is 1. The summed E-state index contributed by atoms with van der Waals surface area (Å²) in [4.78, 5) is 12.3. The van der Waals surface area contributed by atoms with Gasteiger partial charge in [-0.25, -0.2) is 4.68 Å². The number of halogens is 3. The molecule has 0 aliphatic rings. The molecule has 8 heteroatoms. The summed E-state index contributed by atoms with van der Waals surface area (Å²) in [5, 5.41) is 6.21. The zero-order chi connectivity index (χ0) is 19.4. The maximum absolute atomic E-state index is 13.5. The second-order valence-corrected chi connectivity index (χ2v) is 5.74. The van der Waals surface area contributed by atoms with Gasteiger partial charge in [0.1, 0.15) is 5.75 Å². The zero-order valence-corrected chi connectivity index (χ0v) is 14.3. The molecule has 0 saturated carbocycles. The van der Waals surface area contributed by atoms with E-state index >= 15 is 0 Å². The van der Waals surface area contributed by atoms with E-state index in [1.165, 1.54) is 36.1 Å². The topological polar surface area (TPSA) is 56.1 Å². The van der Waals surface area contributed by atoms with Crippen molar-refractivity contribution in [2.45, 2.75) is 19.2 Å². The Hall–Kier alpha value is -3.29. The number of anilines is 1. The Bertz CT molecular complexity index is 910. The van der Waals surface area contributed by atoms with E-state index < -0.39 is 23.8 Å². The molecular formula is C19H16F3N3O2. The Morgan fingerprint density at radius 2 is 1.89 bits per heavy atom. The highest BCUT2D eigenvalue weighted by atomic mass is 19.4. The van der Waals surface area contributed by atoms with E-state index in [1.54, 1.807) is 36.4 Å².